The van der Waals surface area contributed by atoms with E-state index in [2.05, 4.69) is 21.4 Å². The van der Waals surface area contributed by atoms with Crippen LogP contribution < -0.4 is 5.43 Å². The van der Waals surface area contributed by atoms with E-state index in [9.17, 15) is 14.4 Å². The maximum absolute atomic E-state index is 13.0. The molecule has 178 valence electrons. The maximum atomic E-state index is 13.0. The van der Waals surface area contributed by atoms with E-state index < -0.39 is 17.6 Å². The molecule has 7 nitrogen and oxygen atoms in total. The maximum Gasteiger partial charge on any atom is 0.419 e. The van der Waals surface area contributed by atoms with Gasteiger partial charge in [-0.3, -0.25) is 19.6 Å². The Morgan fingerprint density at radius 1 is 1.06 bits per heavy atom. The normalized spacial score (nSPS) is 11.7. The standard InChI is InChI=1S/C26H28BrN3O4/c1-17(2)30(28-24(32)18-10-13-20(27)14-11-18)23(31)15-12-19-16-29(25(33)34-26(3,4)5)22-9-7-6-8-21(19)22/h6-17H,1-5H3,(H,28,32). The minimum atomic E-state index is -0.640. The van der Waals surface area contributed by atoms with E-state index in [0.29, 0.717) is 16.6 Å². The Morgan fingerprint density at radius 2 is 1.71 bits per heavy atom. The van der Waals surface area contributed by atoms with Gasteiger partial charge in [-0.1, -0.05) is 34.1 Å². The summed E-state index contributed by atoms with van der Waals surface area (Å²) < 4.78 is 7.79. The van der Waals surface area contributed by atoms with Crippen LogP contribution in [0.2, 0.25) is 0 Å². The molecule has 34 heavy (non-hydrogen) atoms. The predicted octanol–water partition coefficient (Wildman–Crippen LogP) is 5.78. The summed E-state index contributed by atoms with van der Waals surface area (Å²) in [6, 6.07) is 14.0. The number of ether oxygens (including phenoxy) is 1. The number of fused-ring (bicyclic) bond motifs is 1. The van der Waals surface area contributed by atoms with Crippen molar-refractivity contribution in [2.45, 2.75) is 46.3 Å². The lowest BCUT2D eigenvalue weighted by atomic mass is 10.1. The zero-order chi connectivity index (χ0) is 25.0. The van der Waals surface area contributed by atoms with Crippen molar-refractivity contribution in [3.8, 4) is 0 Å². The molecule has 3 rings (SSSR count). The molecular formula is C26H28BrN3O4. The van der Waals surface area contributed by atoms with Crippen LogP contribution in [-0.4, -0.2) is 39.1 Å². The summed E-state index contributed by atoms with van der Waals surface area (Å²) in [5, 5.41) is 2.07. The molecule has 1 N–H and O–H groups in total. The number of rotatable bonds is 4. The lowest BCUT2D eigenvalue weighted by Gasteiger charge is -2.26. The number of carbonyl (C=O) groups is 3. The van der Waals surface area contributed by atoms with E-state index >= 15 is 0 Å². The van der Waals surface area contributed by atoms with E-state index in [1.165, 1.54) is 15.7 Å². The third-order valence-corrected chi connectivity index (χ3v) is 5.35. The van der Waals surface area contributed by atoms with E-state index in [-0.39, 0.29) is 11.9 Å². The highest BCUT2D eigenvalue weighted by molar-refractivity contribution is 9.10. The number of hydrazine groups is 1. The van der Waals surface area contributed by atoms with Gasteiger partial charge in [-0.15, -0.1) is 0 Å². The molecule has 0 aliphatic rings. The highest BCUT2D eigenvalue weighted by Crippen LogP contribution is 2.24. The number of amides is 2. The van der Waals surface area contributed by atoms with Crippen molar-refractivity contribution in [2.24, 2.45) is 0 Å². The van der Waals surface area contributed by atoms with Crippen molar-refractivity contribution < 1.29 is 19.1 Å². The van der Waals surface area contributed by atoms with Gasteiger partial charge in [-0.2, -0.15) is 0 Å². The number of carbonyl (C=O) groups excluding carboxylic acids is 3. The zero-order valence-electron chi connectivity index (χ0n) is 19.8. The number of nitrogens with one attached hydrogen (secondary N) is 1. The lowest BCUT2D eigenvalue weighted by Crippen LogP contribution is -2.49. The van der Waals surface area contributed by atoms with E-state index in [1.54, 1.807) is 57.3 Å². The fourth-order valence-electron chi connectivity index (χ4n) is 3.26. The van der Waals surface area contributed by atoms with Crippen molar-refractivity contribution in [2.75, 3.05) is 0 Å². The summed E-state index contributed by atoms with van der Waals surface area (Å²) in [6.45, 7) is 9.03. The molecule has 0 radical (unpaired) electrons. The molecule has 0 atom stereocenters. The molecule has 1 heterocycles. The van der Waals surface area contributed by atoms with Crippen LogP contribution in [0, 0.1) is 0 Å². The van der Waals surface area contributed by atoms with Crippen molar-refractivity contribution >= 4 is 50.8 Å². The fraction of sp³-hybridized carbons (Fsp3) is 0.269. The number of nitrogens with zero attached hydrogens (tertiary/aromatic N) is 2. The Hall–Kier alpha value is -3.39. The molecule has 0 saturated carbocycles. The number of benzene rings is 2. The van der Waals surface area contributed by atoms with Gasteiger partial charge in [0.2, 0.25) is 0 Å². The van der Waals surface area contributed by atoms with Gasteiger partial charge in [-0.25, -0.2) is 9.80 Å². The highest BCUT2D eigenvalue weighted by Gasteiger charge is 2.21. The second kappa shape index (κ2) is 10.3. The molecule has 0 fully saturated rings. The van der Waals surface area contributed by atoms with E-state index in [0.717, 1.165) is 9.86 Å². The summed E-state index contributed by atoms with van der Waals surface area (Å²) in [6.07, 6.45) is 4.15. The minimum Gasteiger partial charge on any atom is -0.443 e. The number of hydrogen-bond acceptors (Lipinski definition) is 4. The summed E-state index contributed by atoms with van der Waals surface area (Å²) in [5.74, 6) is -0.779. The molecule has 0 aliphatic carbocycles. The molecule has 0 unspecified atom stereocenters. The van der Waals surface area contributed by atoms with Gasteiger partial charge in [0.1, 0.15) is 5.60 Å². The number of para-hydroxylation sites is 1. The highest BCUT2D eigenvalue weighted by atomic mass is 79.9. The molecule has 2 aromatic carbocycles. The number of aromatic nitrogens is 1. The number of halogens is 1. The fourth-order valence-corrected chi connectivity index (χ4v) is 3.52. The van der Waals surface area contributed by atoms with Crippen LogP contribution in [0.5, 0.6) is 0 Å². The van der Waals surface area contributed by atoms with Gasteiger partial charge >= 0.3 is 6.09 Å². The van der Waals surface area contributed by atoms with Crippen molar-refractivity contribution in [3.05, 3.63) is 76.4 Å². The summed E-state index contributed by atoms with van der Waals surface area (Å²) in [5.41, 5.74) is 3.82. The molecule has 0 saturated heterocycles. The Labute approximate surface area is 207 Å². The van der Waals surface area contributed by atoms with Crippen molar-refractivity contribution in [1.82, 2.24) is 15.0 Å². The first-order chi connectivity index (χ1) is 16.0. The van der Waals surface area contributed by atoms with Crippen LogP contribution in [0.15, 0.2) is 65.3 Å². The minimum absolute atomic E-state index is 0.278. The molecule has 0 spiro atoms. The lowest BCUT2D eigenvalue weighted by molar-refractivity contribution is -0.130. The first-order valence-electron chi connectivity index (χ1n) is 10.9. The first kappa shape index (κ1) is 25.2. The average Bonchev–Trinajstić information content (AvgIpc) is 3.14. The monoisotopic (exact) mass is 525 g/mol. The smallest absolute Gasteiger partial charge is 0.419 e. The largest absolute Gasteiger partial charge is 0.443 e. The van der Waals surface area contributed by atoms with E-state index in [1.807, 2.05) is 38.1 Å². The Bertz CT molecular complexity index is 1240. The molecule has 0 bridgehead atoms. The van der Waals surface area contributed by atoms with Crippen LogP contribution in [0.25, 0.3) is 17.0 Å². The predicted molar refractivity (Wildman–Crippen MR) is 136 cm³/mol. The van der Waals surface area contributed by atoms with Crippen molar-refractivity contribution in [3.63, 3.8) is 0 Å². The zero-order valence-corrected chi connectivity index (χ0v) is 21.4. The molecule has 1 aromatic heterocycles. The SMILES string of the molecule is CC(C)N(NC(=O)c1ccc(Br)cc1)C(=O)C=Cc1cn(C(=O)OC(C)(C)C)c2ccccc12. The second-order valence-electron chi connectivity index (χ2n) is 9.04. The number of hydrogen-bond donors (Lipinski definition) is 1. The van der Waals surface area contributed by atoms with E-state index in [4.69, 9.17) is 4.74 Å². The van der Waals surface area contributed by atoms with Gasteiger partial charge in [0.15, 0.2) is 0 Å². The molecular weight excluding hydrogens is 498 g/mol. The molecule has 3 aromatic rings. The Balaban J connectivity index is 1.84. The summed E-state index contributed by atoms with van der Waals surface area (Å²) in [4.78, 5) is 38.3. The van der Waals surface area contributed by atoms with Crippen LogP contribution in [0.3, 0.4) is 0 Å². The van der Waals surface area contributed by atoms with Crippen LogP contribution >= 0.6 is 15.9 Å². The third kappa shape index (κ3) is 6.14. The summed E-state index contributed by atoms with van der Waals surface area (Å²) >= 11 is 3.34. The average molecular weight is 526 g/mol. The van der Waals surface area contributed by atoms with Gasteiger partial charge < -0.3 is 4.74 Å². The Kier molecular flexibility index (Phi) is 7.61. The quantitative estimate of drug-likeness (QED) is 0.345. The molecule has 0 aliphatic heterocycles. The van der Waals surface area contributed by atoms with Crippen LogP contribution in [-0.2, 0) is 9.53 Å². The molecule has 2 amide bonds. The topological polar surface area (TPSA) is 80.6 Å². The van der Waals surface area contributed by atoms with Gasteiger partial charge in [0, 0.05) is 39.3 Å². The summed E-state index contributed by atoms with van der Waals surface area (Å²) in [7, 11) is 0. The van der Waals surface area contributed by atoms with Crippen LogP contribution in [0.1, 0.15) is 50.5 Å². The van der Waals surface area contributed by atoms with Crippen LogP contribution in [0.4, 0.5) is 4.79 Å². The van der Waals surface area contributed by atoms with Gasteiger partial charge in [0.25, 0.3) is 11.8 Å². The van der Waals surface area contributed by atoms with Crippen molar-refractivity contribution in [1.29, 1.82) is 0 Å². The van der Waals surface area contributed by atoms with Gasteiger partial charge in [0.05, 0.1) is 5.52 Å². The Morgan fingerprint density at radius 3 is 2.32 bits per heavy atom. The van der Waals surface area contributed by atoms with Gasteiger partial charge in [-0.05, 0) is 71.0 Å². The second-order valence-corrected chi connectivity index (χ2v) is 9.95. The molecule has 8 heteroatoms. The third-order valence-electron chi connectivity index (χ3n) is 4.82. The first-order valence-corrected chi connectivity index (χ1v) is 11.7.